The largest absolute Gasteiger partial charge is 0.468 e. The minimum Gasteiger partial charge on any atom is -0.468 e. The van der Waals surface area contributed by atoms with Crippen molar-refractivity contribution in [2.75, 3.05) is 51.4 Å². The molecule has 125 heavy (non-hydrogen) atoms. The lowest BCUT2D eigenvalue weighted by Crippen LogP contribution is -2.60. The van der Waals surface area contributed by atoms with E-state index in [-0.39, 0.29) is 102 Å². The number of benzene rings is 4. The van der Waals surface area contributed by atoms with Gasteiger partial charge in [-0.3, -0.25) is 43.7 Å². The van der Waals surface area contributed by atoms with Crippen molar-refractivity contribution in [1.82, 2.24) is 72.3 Å². The van der Waals surface area contributed by atoms with E-state index in [1.54, 1.807) is 117 Å². The molecule has 4 heterocycles. The third-order valence-corrected chi connectivity index (χ3v) is 20.0. The van der Waals surface area contributed by atoms with Crippen LogP contribution in [0.1, 0.15) is 161 Å². The number of aromatic nitrogens is 4. The van der Waals surface area contributed by atoms with Gasteiger partial charge in [-0.2, -0.15) is 0 Å². The van der Waals surface area contributed by atoms with E-state index in [0.717, 1.165) is 30.2 Å². The van der Waals surface area contributed by atoms with Crippen LogP contribution >= 0.6 is 0 Å². The minimum atomic E-state index is -1.70. The molecule has 8 rings (SSSR count). The van der Waals surface area contributed by atoms with Gasteiger partial charge in [0.25, 0.3) is 0 Å². The van der Waals surface area contributed by atoms with Crippen molar-refractivity contribution in [3.05, 3.63) is 179 Å². The van der Waals surface area contributed by atoms with Gasteiger partial charge in [-0.25, -0.2) is 43.9 Å². The maximum atomic E-state index is 14.7. The molecule has 0 radical (unpaired) electrons. The number of nitrogens with one attached hydrogen (secondary N) is 9. The second-order valence-corrected chi connectivity index (χ2v) is 34.0. The van der Waals surface area contributed by atoms with Gasteiger partial charge in [-0.15, -0.1) is 0 Å². The fraction of sp³-hybridized carbons (Fsp3) is 0.494. The summed E-state index contributed by atoms with van der Waals surface area (Å²) in [7, 11) is 2.38. The molecule has 36 heteroatoms. The first-order valence-corrected chi connectivity index (χ1v) is 41.7. The summed E-state index contributed by atoms with van der Waals surface area (Å²) in [6.07, 6.45) is 6.27. The zero-order valence-electron chi connectivity index (χ0n) is 73.5. The number of nitrogen functional groups attached to an aromatic ring is 1. The molecule has 2 saturated heterocycles. The zero-order valence-corrected chi connectivity index (χ0v) is 73.5. The molecule has 676 valence electrons. The molecule has 0 bridgehead atoms. The maximum Gasteiger partial charge on any atom is 0.414 e. The van der Waals surface area contributed by atoms with Gasteiger partial charge in [0, 0.05) is 82.9 Å². The standard InChI is InChI=1S/C52H73N9O12.C37H49N9O6/c1-12-13-24-36(55-41(63)37(27-33-20-16-14-17-21-33)56-42(64)38(28-34-22-18-15-19-23-34)58-46(67)71-49(2,3)4)40(62)57-39(29-35-30-53-45(54-31-35)59-47(68)72-50(5,6)7)43(65)61-26-25-52(32-61,44(66)70-11)60-48(69)73-51(8,9)10;1-3-4-15-28(43-33(49)29(19-25-13-9-6-10-14-25)44-31(47)27(38)18-24-11-7-5-8-12-24)32(48)45-30(20-26-21-41-36(39)42-22-26)34(50)46-17-16-37(40,23-46)35(51)52-2/h14-23,30-31,36-39H,12-13,24-29,32H2,1-11H3,(H,55,63)(H,56,64)(H,57,62)(H,58,67)(H,60,69)(H,53,54,59,68);5-14,21-22,27-30H,3-4,15-20,23,38,40H2,1-2H3,(H,43,49)(H,44,47)(H,45,48)(H2,39,41,42)/t36-,37-,38-,39-,52?;27-,28-,29-,30-,37?/m11/s1. The number of carbonyl (C=O) groups excluding carboxylic acids is 13. The number of nitrogens with zero attached hydrogens (tertiary/aromatic N) is 6. The molecule has 15 N–H and O–H groups in total. The van der Waals surface area contributed by atoms with Crippen LogP contribution < -0.4 is 65.1 Å². The molecule has 2 aliphatic heterocycles. The van der Waals surface area contributed by atoms with Crippen LogP contribution in [0.4, 0.5) is 26.3 Å². The molecule has 0 spiro atoms. The molecule has 2 aromatic heterocycles. The van der Waals surface area contributed by atoms with Gasteiger partial charge in [0.15, 0.2) is 5.54 Å². The quantitative estimate of drug-likeness (QED) is 0.0176. The Labute approximate surface area is 729 Å². The third-order valence-electron chi connectivity index (χ3n) is 20.0. The second kappa shape index (κ2) is 46.7. The maximum absolute atomic E-state index is 14.7. The first-order valence-electron chi connectivity index (χ1n) is 41.7. The monoisotopic (exact) mass is 1730 g/mol. The van der Waals surface area contributed by atoms with Crippen molar-refractivity contribution in [3.8, 4) is 0 Å². The fourth-order valence-electron chi connectivity index (χ4n) is 13.7. The van der Waals surface area contributed by atoms with Crippen LogP contribution in [0.3, 0.4) is 0 Å². The molecule has 2 fully saturated rings. The summed E-state index contributed by atoms with van der Waals surface area (Å²) in [5.41, 5.74) is 16.5. The number of amides is 11. The first kappa shape index (κ1) is 99.4. The van der Waals surface area contributed by atoms with Crippen LogP contribution in [-0.4, -0.2) is 224 Å². The Hall–Kier alpha value is -12.7. The highest BCUT2D eigenvalue weighted by molar-refractivity contribution is 5.98. The number of carbonyl (C=O) groups is 13. The van der Waals surface area contributed by atoms with E-state index >= 15 is 0 Å². The Bertz CT molecular complexity index is 4600. The molecule has 4 aromatic carbocycles. The summed E-state index contributed by atoms with van der Waals surface area (Å²) in [5.74, 6) is -6.49. The van der Waals surface area contributed by atoms with Crippen LogP contribution in [0, 0.1) is 0 Å². The normalized spacial score (nSPS) is 16.9. The Morgan fingerprint density at radius 2 is 0.744 bits per heavy atom. The summed E-state index contributed by atoms with van der Waals surface area (Å²) in [6, 6.07) is 27.2. The van der Waals surface area contributed by atoms with Crippen molar-refractivity contribution < 1.29 is 86.0 Å². The number of hydrogen-bond donors (Lipinski definition) is 12. The Morgan fingerprint density at radius 1 is 0.408 bits per heavy atom. The van der Waals surface area contributed by atoms with Gasteiger partial charge in [-0.05, 0) is 121 Å². The molecule has 0 saturated carbocycles. The lowest BCUT2D eigenvalue weighted by atomic mass is 9.99. The summed E-state index contributed by atoms with van der Waals surface area (Å²) in [4.78, 5) is 197. The van der Waals surface area contributed by atoms with E-state index in [1.807, 2.05) is 80.6 Å². The van der Waals surface area contributed by atoms with Crippen LogP contribution in [-0.2, 0) is 110 Å². The Kier molecular flexibility index (Phi) is 37.1. The van der Waals surface area contributed by atoms with Crippen molar-refractivity contribution in [1.29, 1.82) is 0 Å². The number of ether oxygens (including phenoxy) is 5. The van der Waals surface area contributed by atoms with Crippen LogP contribution in [0.2, 0.25) is 0 Å². The Morgan fingerprint density at radius 3 is 1.15 bits per heavy atom. The third kappa shape index (κ3) is 32.8. The van der Waals surface area contributed by atoms with Gasteiger partial charge in [-0.1, -0.05) is 161 Å². The average Bonchev–Trinajstić information content (AvgIpc) is 1.65. The second-order valence-electron chi connectivity index (χ2n) is 34.0. The lowest BCUT2D eigenvalue weighted by Gasteiger charge is -2.31. The van der Waals surface area contributed by atoms with Gasteiger partial charge >= 0.3 is 30.2 Å². The SMILES string of the molecule is CCCC[C@@H](NC(=O)[C@@H](Cc1ccccc1)NC(=O)[C@@H](Cc1ccccc1)NC(=O)OC(C)(C)C)C(=O)N[C@H](Cc1cnc(NC(=O)OC(C)(C)C)nc1)C(=O)N1CCC(NC(=O)OC(C)(C)C)(C(=O)OC)C1.CCCC[C@@H](NC(=O)[C@@H](Cc1ccccc1)NC(=O)[C@H](N)Cc1ccccc1)C(=O)N[C@H](Cc1cnc(N)nc1)C(=O)N1CCC(N)(C(=O)OC)C1. The molecule has 2 aliphatic rings. The molecular formula is C89H122N18O18. The molecule has 6 aromatic rings. The zero-order chi connectivity index (χ0) is 91.8. The van der Waals surface area contributed by atoms with E-state index in [2.05, 4.69) is 67.8 Å². The summed E-state index contributed by atoms with van der Waals surface area (Å²) >= 11 is 0. The molecule has 11 amide bonds. The molecule has 0 aliphatic carbocycles. The van der Waals surface area contributed by atoms with Gasteiger partial charge < -0.3 is 93.2 Å². The Balaban J connectivity index is 0.000000363. The number of methoxy groups -OCH3 is 2. The molecule has 2 unspecified atom stereocenters. The number of alkyl carbamates (subject to hydrolysis) is 2. The fourth-order valence-corrected chi connectivity index (χ4v) is 13.7. The van der Waals surface area contributed by atoms with Crippen molar-refractivity contribution in [3.63, 3.8) is 0 Å². The average molecular weight is 1730 g/mol. The van der Waals surface area contributed by atoms with Gasteiger partial charge in [0.2, 0.25) is 59.2 Å². The van der Waals surface area contributed by atoms with Crippen LogP contribution in [0.5, 0.6) is 0 Å². The number of hydrogen-bond acceptors (Lipinski definition) is 25. The lowest BCUT2D eigenvalue weighted by molar-refractivity contribution is -0.149. The van der Waals surface area contributed by atoms with Crippen molar-refractivity contribution in [2.45, 2.75) is 242 Å². The van der Waals surface area contributed by atoms with E-state index in [9.17, 15) is 62.3 Å². The summed E-state index contributed by atoms with van der Waals surface area (Å²) in [5, 5.41) is 24.6. The van der Waals surface area contributed by atoms with E-state index in [1.165, 1.54) is 41.7 Å². The van der Waals surface area contributed by atoms with Gasteiger partial charge in [0.1, 0.15) is 64.6 Å². The molecular weight excluding hydrogens is 1610 g/mol. The van der Waals surface area contributed by atoms with Gasteiger partial charge in [0.05, 0.1) is 26.8 Å². The number of nitrogens with two attached hydrogens (primary N) is 3. The number of rotatable bonds is 37. The molecule has 10 atom stereocenters. The molecule has 36 nitrogen and oxygen atoms in total. The van der Waals surface area contributed by atoms with Crippen molar-refractivity contribution >= 4 is 89.4 Å². The van der Waals surface area contributed by atoms with Crippen molar-refractivity contribution in [2.24, 2.45) is 11.5 Å². The topological polar surface area (TPSA) is 512 Å². The van der Waals surface area contributed by atoms with E-state index in [4.69, 9.17) is 40.9 Å². The highest BCUT2D eigenvalue weighted by Crippen LogP contribution is 2.27. The highest BCUT2D eigenvalue weighted by Gasteiger charge is 2.51. The first-order chi connectivity index (χ1) is 59.1. The number of unbranched alkanes of at least 4 members (excludes halogenated alkanes) is 2. The predicted molar refractivity (Wildman–Crippen MR) is 464 cm³/mol. The predicted octanol–water partition coefficient (Wildman–Crippen LogP) is 5.22. The summed E-state index contributed by atoms with van der Waals surface area (Å²) in [6.45, 7) is 18.7. The van der Waals surface area contributed by atoms with Crippen LogP contribution in [0.15, 0.2) is 146 Å². The van der Waals surface area contributed by atoms with E-state index in [0.29, 0.717) is 36.0 Å². The van der Waals surface area contributed by atoms with E-state index < -0.39 is 154 Å². The highest BCUT2D eigenvalue weighted by atomic mass is 16.6. The number of anilines is 2. The minimum absolute atomic E-state index is 0.000842. The smallest absolute Gasteiger partial charge is 0.414 e. The van der Waals surface area contributed by atoms with Crippen LogP contribution in [0.25, 0.3) is 0 Å². The number of likely N-dealkylation sites (tertiary alicyclic amines) is 2. The number of esters is 2. The summed E-state index contributed by atoms with van der Waals surface area (Å²) < 4.78 is 26.1.